The van der Waals surface area contributed by atoms with Gasteiger partial charge in [-0.3, -0.25) is 4.79 Å². The van der Waals surface area contributed by atoms with Crippen molar-refractivity contribution in [2.45, 2.75) is 32.4 Å². The minimum absolute atomic E-state index is 0.140. The fourth-order valence-corrected chi connectivity index (χ4v) is 2.98. The molecule has 0 spiro atoms. The van der Waals surface area contributed by atoms with E-state index in [0.717, 1.165) is 34.0 Å². The van der Waals surface area contributed by atoms with Gasteiger partial charge in [0.15, 0.2) is 0 Å². The van der Waals surface area contributed by atoms with Gasteiger partial charge in [-0.05, 0) is 49.6 Å². The fraction of sp³-hybridized carbons (Fsp3) is 0.278. The summed E-state index contributed by atoms with van der Waals surface area (Å²) in [5.41, 5.74) is 3.08. The van der Waals surface area contributed by atoms with E-state index < -0.39 is 0 Å². The highest BCUT2D eigenvalue weighted by molar-refractivity contribution is 9.10. The van der Waals surface area contributed by atoms with Crippen molar-refractivity contribution >= 4 is 21.8 Å². The SMILES string of the molecule is Cc1cccc(C(=O)N(Cc2cccc(Br)c2)C2CC2)c1. The number of amides is 1. The van der Waals surface area contributed by atoms with E-state index in [1.165, 1.54) is 0 Å². The average molecular weight is 344 g/mol. The Labute approximate surface area is 133 Å². The van der Waals surface area contributed by atoms with Crippen LogP contribution in [0.5, 0.6) is 0 Å². The molecule has 1 amide bonds. The molecular weight excluding hydrogens is 326 g/mol. The van der Waals surface area contributed by atoms with Crippen LogP contribution in [0.1, 0.15) is 34.3 Å². The zero-order chi connectivity index (χ0) is 14.8. The second-order valence-corrected chi connectivity index (χ2v) is 6.58. The van der Waals surface area contributed by atoms with Gasteiger partial charge in [0.25, 0.3) is 5.91 Å². The second kappa shape index (κ2) is 6.02. The predicted molar refractivity (Wildman–Crippen MR) is 88.2 cm³/mol. The monoisotopic (exact) mass is 343 g/mol. The molecule has 108 valence electrons. The van der Waals surface area contributed by atoms with E-state index in [9.17, 15) is 4.79 Å². The van der Waals surface area contributed by atoms with Gasteiger partial charge in [0.05, 0.1) is 0 Å². The third-order valence-corrected chi connectivity index (χ3v) is 4.25. The van der Waals surface area contributed by atoms with E-state index in [1.807, 2.05) is 48.2 Å². The first-order valence-electron chi connectivity index (χ1n) is 7.25. The van der Waals surface area contributed by atoms with Gasteiger partial charge in [-0.25, -0.2) is 0 Å². The van der Waals surface area contributed by atoms with Crippen LogP contribution in [-0.4, -0.2) is 16.8 Å². The van der Waals surface area contributed by atoms with Crippen LogP contribution < -0.4 is 0 Å². The molecule has 0 unspecified atom stereocenters. The molecule has 0 bridgehead atoms. The number of aryl methyl sites for hydroxylation is 1. The molecule has 0 heterocycles. The highest BCUT2D eigenvalue weighted by atomic mass is 79.9. The minimum Gasteiger partial charge on any atom is -0.331 e. The van der Waals surface area contributed by atoms with Crippen LogP contribution >= 0.6 is 15.9 Å². The fourth-order valence-electron chi connectivity index (χ4n) is 2.53. The largest absolute Gasteiger partial charge is 0.331 e. The molecule has 0 aromatic heterocycles. The molecule has 2 aromatic carbocycles. The second-order valence-electron chi connectivity index (χ2n) is 5.66. The van der Waals surface area contributed by atoms with Crippen LogP contribution in [0.25, 0.3) is 0 Å². The lowest BCUT2D eigenvalue weighted by atomic mass is 10.1. The van der Waals surface area contributed by atoms with Crippen LogP contribution in [0.4, 0.5) is 0 Å². The van der Waals surface area contributed by atoms with Gasteiger partial charge in [0.1, 0.15) is 0 Å². The standard InChI is InChI=1S/C18H18BrNO/c1-13-4-2-6-15(10-13)18(21)20(17-8-9-17)12-14-5-3-7-16(19)11-14/h2-7,10-11,17H,8-9,12H2,1H3. The van der Waals surface area contributed by atoms with E-state index >= 15 is 0 Å². The Balaban J connectivity index is 1.83. The molecule has 21 heavy (non-hydrogen) atoms. The Morgan fingerprint density at radius 1 is 1.19 bits per heavy atom. The van der Waals surface area contributed by atoms with Crippen LogP contribution in [0.15, 0.2) is 53.0 Å². The van der Waals surface area contributed by atoms with E-state index in [4.69, 9.17) is 0 Å². The number of hydrogen-bond donors (Lipinski definition) is 0. The van der Waals surface area contributed by atoms with Gasteiger partial charge in [0, 0.05) is 22.6 Å². The molecule has 3 heteroatoms. The molecule has 1 saturated carbocycles. The molecule has 0 atom stereocenters. The number of carbonyl (C=O) groups is 1. The number of rotatable bonds is 4. The summed E-state index contributed by atoms with van der Waals surface area (Å²) in [6.07, 6.45) is 2.23. The minimum atomic E-state index is 0.140. The predicted octanol–water partition coefficient (Wildman–Crippen LogP) is 4.56. The van der Waals surface area contributed by atoms with Gasteiger partial charge in [-0.1, -0.05) is 45.8 Å². The normalized spacial score (nSPS) is 14.0. The van der Waals surface area contributed by atoms with Crippen LogP contribution in [-0.2, 0) is 6.54 Å². The van der Waals surface area contributed by atoms with Crippen molar-refractivity contribution in [3.8, 4) is 0 Å². The maximum absolute atomic E-state index is 12.8. The summed E-state index contributed by atoms with van der Waals surface area (Å²) in [5.74, 6) is 0.140. The van der Waals surface area contributed by atoms with Crippen molar-refractivity contribution in [1.82, 2.24) is 4.90 Å². The Bertz CT molecular complexity index is 664. The maximum atomic E-state index is 12.8. The highest BCUT2D eigenvalue weighted by Gasteiger charge is 2.33. The van der Waals surface area contributed by atoms with Gasteiger partial charge < -0.3 is 4.90 Å². The van der Waals surface area contributed by atoms with E-state index in [1.54, 1.807) is 0 Å². The van der Waals surface area contributed by atoms with Crippen LogP contribution in [0.3, 0.4) is 0 Å². The summed E-state index contributed by atoms with van der Waals surface area (Å²) in [6.45, 7) is 2.70. The third-order valence-electron chi connectivity index (χ3n) is 3.76. The van der Waals surface area contributed by atoms with E-state index in [0.29, 0.717) is 12.6 Å². The molecule has 0 aliphatic heterocycles. The molecule has 1 aliphatic rings. The Kier molecular flexibility index (Phi) is 4.11. The van der Waals surface area contributed by atoms with Crippen molar-refractivity contribution < 1.29 is 4.79 Å². The Morgan fingerprint density at radius 2 is 1.95 bits per heavy atom. The summed E-state index contributed by atoms with van der Waals surface area (Å²) in [6, 6.07) is 16.4. The van der Waals surface area contributed by atoms with Crippen LogP contribution in [0, 0.1) is 6.92 Å². The smallest absolute Gasteiger partial charge is 0.254 e. The maximum Gasteiger partial charge on any atom is 0.254 e. The van der Waals surface area contributed by atoms with Gasteiger partial charge >= 0.3 is 0 Å². The lowest BCUT2D eigenvalue weighted by molar-refractivity contribution is 0.0730. The molecule has 1 fully saturated rings. The highest BCUT2D eigenvalue weighted by Crippen LogP contribution is 2.30. The van der Waals surface area contributed by atoms with E-state index in [2.05, 4.69) is 28.1 Å². The van der Waals surface area contributed by atoms with E-state index in [-0.39, 0.29) is 5.91 Å². The Morgan fingerprint density at radius 3 is 2.62 bits per heavy atom. The first-order valence-corrected chi connectivity index (χ1v) is 8.05. The first kappa shape index (κ1) is 14.3. The number of carbonyl (C=O) groups excluding carboxylic acids is 1. The summed E-state index contributed by atoms with van der Waals surface area (Å²) >= 11 is 3.49. The number of benzene rings is 2. The molecule has 1 aliphatic carbocycles. The van der Waals surface area contributed by atoms with Crippen molar-refractivity contribution in [2.24, 2.45) is 0 Å². The van der Waals surface area contributed by atoms with Gasteiger partial charge in [0.2, 0.25) is 0 Å². The van der Waals surface area contributed by atoms with Crippen molar-refractivity contribution in [3.63, 3.8) is 0 Å². The quantitative estimate of drug-likeness (QED) is 0.796. The van der Waals surface area contributed by atoms with Gasteiger partial charge in [-0.2, -0.15) is 0 Å². The number of hydrogen-bond acceptors (Lipinski definition) is 1. The van der Waals surface area contributed by atoms with Crippen molar-refractivity contribution in [1.29, 1.82) is 0 Å². The van der Waals surface area contributed by atoms with Gasteiger partial charge in [-0.15, -0.1) is 0 Å². The average Bonchev–Trinajstić information content (AvgIpc) is 3.29. The lowest BCUT2D eigenvalue weighted by Crippen LogP contribution is -2.32. The topological polar surface area (TPSA) is 20.3 Å². The number of nitrogens with zero attached hydrogens (tertiary/aromatic N) is 1. The van der Waals surface area contributed by atoms with Crippen LogP contribution in [0.2, 0.25) is 0 Å². The van der Waals surface area contributed by atoms with Crippen molar-refractivity contribution in [3.05, 3.63) is 69.7 Å². The zero-order valence-corrected chi connectivity index (χ0v) is 13.6. The molecule has 0 radical (unpaired) electrons. The first-order chi connectivity index (χ1) is 10.1. The Hall–Kier alpha value is -1.61. The zero-order valence-electron chi connectivity index (χ0n) is 12.1. The molecular formula is C18H18BrNO. The number of halogens is 1. The molecule has 0 N–H and O–H groups in total. The van der Waals surface area contributed by atoms with Crippen molar-refractivity contribution in [2.75, 3.05) is 0 Å². The third kappa shape index (κ3) is 3.53. The summed E-state index contributed by atoms with van der Waals surface area (Å²) in [7, 11) is 0. The molecule has 3 rings (SSSR count). The summed E-state index contributed by atoms with van der Waals surface area (Å²) in [4.78, 5) is 14.8. The lowest BCUT2D eigenvalue weighted by Gasteiger charge is -2.23. The summed E-state index contributed by atoms with van der Waals surface area (Å²) in [5, 5.41) is 0. The molecule has 2 aromatic rings. The summed E-state index contributed by atoms with van der Waals surface area (Å²) < 4.78 is 1.05. The molecule has 0 saturated heterocycles. The molecule has 2 nitrogen and oxygen atoms in total.